The first-order chi connectivity index (χ1) is 17.1. The molecule has 0 aliphatic carbocycles. The Morgan fingerprint density at radius 3 is 2.75 bits per heavy atom. The van der Waals surface area contributed by atoms with E-state index in [1.165, 1.54) is 11.7 Å². The zero-order chi connectivity index (χ0) is 26.0. The van der Waals surface area contributed by atoms with Gasteiger partial charge in [0.15, 0.2) is 12.4 Å². The van der Waals surface area contributed by atoms with Crippen molar-refractivity contribution in [2.24, 2.45) is 0 Å². The molecule has 1 amide bonds. The normalized spacial score (nSPS) is 13.6. The number of fused-ring (bicyclic) bond motifs is 1. The van der Waals surface area contributed by atoms with E-state index in [-0.39, 0.29) is 24.7 Å². The fourth-order valence-electron chi connectivity index (χ4n) is 3.73. The average Bonchev–Trinajstić information content (AvgIpc) is 2.98. The van der Waals surface area contributed by atoms with Crippen molar-refractivity contribution in [1.29, 1.82) is 0 Å². The van der Waals surface area contributed by atoms with Crippen LogP contribution in [0.2, 0.25) is 0 Å². The molecule has 0 unspecified atom stereocenters. The zero-order valence-electron chi connectivity index (χ0n) is 19.3. The van der Waals surface area contributed by atoms with Gasteiger partial charge in [0.05, 0.1) is 18.4 Å². The van der Waals surface area contributed by atoms with Crippen molar-refractivity contribution in [3.63, 3.8) is 0 Å². The molecular formula is C23H22F4N4O5. The van der Waals surface area contributed by atoms with Crippen molar-refractivity contribution in [3.05, 3.63) is 63.6 Å². The minimum Gasteiger partial charge on any atom is -0.495 e. The molecule has 9 nitrogen and oxygen atoms in total. The molecule has 1 N–H and O–H groups in total. The SMILES string of the molecule is COc1cccc(C)c1NC(=O)c1cc(F)c(-n2nc3n(c2=O)CCCOC3)cc1OCC(F)(F)F. The number of hydrogen-bond acceptors (Lipinski definition) is 6. The fraction of sp³-hybridized carbons (Fsp3) is 0.348. The number of para-hydroxylation sites is 1. The molecule has 0 atom stereocenters. The Kier molecular flexibility index (Phi) is 7.02. The van der Waals surface area contributed by atoms with Crippen LogP contribution in [0.3, 0.4) is 0 Å². The number of hydrogen-bond donors (Lipinski definition) is 1. The minimum absolute atomic E-state index is 0.0139. The quantitative estimate of drug-likeness (QED) is 0.509. The Morgan fingerprint density at radius 2 is 2.03 bits per heavy atom. The van der Waals surface area contributed by atoms with Crippen molar-refractivity contribution in [1.82, 2.24) is 14.3 Å². The van der Waals surface area contributed by atoms with Crippen LogP contribution in [0, 0.1) is 12.7 Å². The van der Waals surface area contributed by atoms with E-state index in [9.17, 15) is 22.8 Å². The molecule has 3 aromatic rings. The summed E-state index contributed by atoms with van der Waals surface area (Å²) in [5.41, 5.74) is -0.820. The van der Waals surface area contributed by atoms with Crippen molar-refractivity contribution >= 4 is 11.6 Å². The van der Waals surface area contributed by atoms with E-state index in [0.29, 0.717) is 35.1 Å². The molecule has 192 valence electrons. The summed E-state index contributed by atoms with van der Waals surface area (Å²) in [7, 11) is 1.38. The molecule has 2 heterocycles. The molecule has 1 aromatic heterocycles. The number of aromatic nitrogens is 3. The van der Waals surface area contributed by atoms with Gasteiger partial charge in [0.2, 0.25) is 0 Å². The fourth-order valence-corrected chi connectivity index (χ4v) is 3.73. The van der Waals surface area contributed by atoms with Gasteiger partial charge in [0.25, 0.3) is 5.91 Å². The maximum Gasteiger partial charge on any atom is 0.422 e. The van der Waals surface area contributed by atoms with Gasteiger partial charge in [-0.05, 0) is 31.0 Å². The van der Waals surface area contributed by atoms with E-state index in [0.717, 1.165) is 6.07 Å². The van der Waals surface area contributed by atoms with Crippen LogP contribution >= 0.6 is 0 Å². The number of benzene rings is 2. The van der Waals surface area contributed by atoms with Gasteiger partial charge in [0, 0.05) is 19.2 Å². The Morgan fingerprint density at radius 1 is 1.25 bits per heavy atom. The second kappa shape index (κ2) is 10.0. The van der Waals surface area contributed by atoms with Crippen molar-refractivity contribution < 1.29 is 36.6 Å². The number of anilines is 1. The molecule has 1 aliphatic heterocycles. The number of aryl methyl sites for hydroxylation is 1. The third-order valence-corrected chi connectivity index (χ3v) is 5.45. The van der Waals surface area contributed by atoms with Crippen molar-refractivity contribution in [2.45, 2.75) is 32.7 Å². The third-order valence-electron chi connectivity index (χ3n) is 5.45. The number of carbonyl (C=O) groups excluding carboxylic acids is 1. The lowest BCUT2D eigenvalue weighted by atomic mass is 10.1. The molecule has 0 radical (unpaired) electrons. The van der Waals surface area contributed by atoms with Gasteiger partial charge >= 0.3 is 11.9 Å². The van der Waals surface area contributed by atoms with Gasteiger partial charge in [-0.25, -0.2) is 9.18 Å². The number of rotatable bonds is 6. The lowest BCUT2D eigenvalue weighted by Gasteiger charge is -2.17. The van der Waals surface area contributed by atoms with E-state index in [2.05, 4.69) is 10.4 Å². The summed E-state index contributed by atoms with van der Waals surface area (Å²) >= 11 is 0. The first kappa shape index (κ1) is 25.2. The molecule has 4 rings (SSSR count). The van der Waals surface area contributed by atoms with Crippen LogP contribution in [-0.4, -0.2) is 46.8 Å². The maximum atomic E-state index is 15.2. The molecule has 0 bridgehead atoms. The second-order valence-electron chi connectivity index (χ2n) is 7.98. The number of ether oxygens (including phenoxy) is 3. The van der Waals surface area contributed by atoms with Crippen LogP contribution in [0.1, 0.15) is 28.2 Å². The molecule has 2 aromatic carbocycles. The van der Waals surface area contributed by atoms with Gasteiger partial charge < -0.3 is 19.5 Å². The number of carbonyl (C=O) groups is 1. The molecular weight excluding hydrogens is 488 g/mol. The second-order valence-corrected chi connectivity index (χ2v) is 7.98. The number of halogens is 4. The van der Waals surface area contributed by atoms with Crippen LogP contribution < -0.4 is 20.5 Å². The summed E-state index contributed by atoms with van der Waals surface area (Å²) in [5, 5.41) is 6.61. The molecule has 0 saturated heterocycles. The van der Waals surface area contributed by atoms with Crippen LogP contribution in [0.5, 0.6) is 11.5 Å². The molecule has 13 heteroatoms. The summed E-state index contributed by atoms with van der Waals surface area (Å²) < 4.78 is 71.5. The Bertz CT molecular complexity index is 1350. The summed E-state index contributed by atoms with van der Waals surface area (Å²) in [4.78, 5) is 25.9. The molecule has 0 spiro atoms. The molecule has 36 heavy (non-hydrogen) atoms. The summed E-state index contributed by atoms with van der Waals surface area (Å²) in [6.45, 7) is 0.657. The van der Waals surface area contributed by atoms with E-state index in [1.807, 2.05) is 0 Å². The molecule has 0 fully saturated rings. The standard InChI is InChI=1S/C23H22F4N4O5/c1-13-5-3-6-17(34-2)20(13)28-21(32)14-9-15(24)16(10-18(14)36-12-23(25,26)27)31-22(33)30-7-4-8-35-11-19(30)29-31/h3,5-6,9-10H,4,7-8,11-12H2,1-2H3,(H,28,32). The Hall–Kier alpha value is -3.87. The van der Waals surface area contributed by atoms with Crippen LogP contribution in [0.15, 0.2) is 35.1 Å². The Balaban J connectivity index is 1.77. The van der Waals surface area contributed by atoms with Gasteiger partial charge in [0.1, 0.15) is 29.6 Å². The highest BCUT2D eigenvalue weighted by Crippen LogP contribution is 2.31. The molecule has 1 aliphatic rings. The lowest BCUT2D eigenvalue weighted by molar-refractivity contribution is -0.153. The van der Waals surface area contributed by atoms with Crippen molar-refractivity contribution in [3.8, 4) is 17.2 Å². The van der Waals surface area contributed by atoms with Gasteiger partial charge in [-0.3, -0.25) is 9.36 Å². The highest BCUT2D eigenvalue weighted by molar-refractivity contribution is 6.07. The minimum atomic E-state index is -4.73. The van der Waals surface area contributed by atoms with E-state index < -0.39 is 47.2 Å². The first-order valence-corrected chi connectivity index (χ1v) is 10.8. The smallest absolute Gasteiger partial charge is 0.422 e. The highest BCUT2D eigenvalue weighted by atomic mass is 19.4. The van der Waals surface area contributed by atoms with E-state index >= 15 is 4.39 Å². The monoisotopic (exact) mass is 510 g/mol. The van der Waals surface area contributed by atoms with E-state index in [4.69, 9.17) is 14.2 Å². The Labute approximate surface area is 202 Å². The third kappa shape index (κ3) is 5.20. The number of nitrogens with zero attached hydrogens (tertiary/aromatic N) is 3. The summed E-state index contributed by atoms with van der Waals surface area (Å²) in [5.74, 6) is -2.05. The number of amides is 1. The first-order valence-electron chi connectivity index (χ1n) is 10.8. The van der Waals surface area contributed by atoms with Crippen LogP contribution in [0.25, 0.3) is 5.69 Å². The van der Waals surface area contributed by atoms with Crippen LogP contribution in [-0.2, 0) is 17.9 Å². The van der Waals surface area contributed by atoms with Crippen LogP contribution in [0.4, 0.5) is 23.2 Å². The summed E-state index contributed by atoms with van der Waals surface area (Å²) in [6, 6.07) is 6.49. The van der Waals surface area contributed by atoms with Gasteiger partial charge in [-0.15, -0.1) is 5.10 Å². The number of nitrogens with one attached hydrogen (secondary N) is 1. The van der Waals surface area contributed by atoms with Gasteiger partial charge in [-0.2, -0.15) is 17.9 Å². The van der Waals surface area contributed by atoms with Gasteiger partial charge in [-0.1, -0.05) is 12.1 Å². The molecule has 0 saturated carbocycles. The largest absolute Gasteiger partial charge is 0.495 e. The average molecular weight is 510 g/mol. The summed E-state index contributed by atoms with van der Waals surface area (Å²) in [6.07, 6.45) is -4.20. The zero-order valence-corrected chi connectivity index (χ0v) is 19.3. The predicted molar refractivity (Wildman–Crippen MR) is 119 cm³/mol. The van der Waals surface area contributed by atoms with Crippen molar-refractivity contribution in [2.75, 3.05) is 25.6 Å². The highest BCUT2D eigenvalue weighted by Gasteiger charge is 2.30. The lowest BCUT2D eigenvalue weighted by Crippen LogP contribution is -2.26. The number of alkyl halides is 3. The predicted octanol–water partition coefficient (Wildman–Crippen LogP) is 3.60. The topological polar surface area (TPSA) is 96.6 Å². The maximum absolute atomic E-state index is 15.2. The number of methoxy groups -OCH3 is 1. The van der Waals surface area contributed by atoms with E-state index in [1.54, 1.807) is 25.1 Å².